The highest BCUT2D eigenvalue weighted by Gasteiger charge is 2.32. The Morgan fingerprint density at radius 2 is 2.00 bits per heavy atom. The summed E-state index contributed by atoms with van der Waals surface area (Å²) in [5, 5.41) is 4.32. The second kappa shape index (κ2) is 8.97. The lowest BCUT2D eigenvalue weighted by atomic mass is 9.76. The van der Waals surface area contributed by atoms with Gasteiger partial charge in [0.05, 0.1) is 5.69 Å². The van der Waals surface area contributed by atoms with E-state index < -0.39 is 0 Å². The van der Waals surface area contributed by atoms with Gasteiger partial charge in [-0.25, -0.2) is 4.98 Å². The summed E-state index contributed by atoms with van der Waals surface area (Å²) in [5.41, 5.74) is 6.53. The second-order valence-electron chi connectivity index (χ2n) is 8.72. The number of pyridine rings is 1. The maximum Gasteiger partial charge on any atom is 0.105 e. The highest BCUT2D eigenvalue weighted by molar-refractivity contribution is 6.30. The Morgan fingerprint density at radius 3 is 2.81 bits per heavy atom. The van der Waals surface area contributed by atoms with Gasteiger partial charge in [-0.3, -0.25) is 4.98 Å². The van der Waals surface area contributed by atoms with Crippen molar-refractivity contribution in [3.63, 3.8) is 0 Å². The summed E-state index contributed by atoms with van der Waals surface area (Å²) in [7, 11) is 0. The van der Waals surface area contributed by atoms with Crippen LogP contribution in [-0.2, 0) is 6.54 Å². The molecule has 31 heavy (non-hydrogen) atoms. The molecule has 0 amide bonds. The molecule has 2 aromatic heterocycles. The Kier molecular flexibility index (Phi) is 5.93. The van der Waals surface area contributed by atoms with Crippen molar-refractivity contribution >= 4 is 23.3 Å². The largest absolute Gasteiger partial charge is 0.335 e. The molecule has 160 valence electrons. The molecule has 1 aliphatic carbocycles. The molecule has 2 aliphatic rings. The van der Waals surface area contributed by atoms with E-state index in [0.717, 1.165) is 43.3 Å². The van der Waals surface area contributed by atoms with E-state index in [1.807, 2.05) is 18.5 Å². The average Bonchev–Trinajstić information content (AvgIpc) is 3.14. The van der Waals surface area contributed by atoms with Gasteiger partial charge in [0.1, 0.15) is 5.82 Å². The van der Waals surface area contributed by atoms with Gasteiger partial charge >= 0.3 is 0 Å². The molecule has 1 atom stereocenters. The number of imidazole rings is 1. The van der Waals surface area contributed by atoms with Crippen LogP contribution in [0.25, 0.3) is 11.6 Å². The van der Waals surface area contributed by atoms with Crippen LogP contribution in [-0.4, -0.2) is 27.6 Å². The number of halogens is 1. The van der Waals surface area contributed by atoms with Crippen molar-refractivity contribution in [1.82, 2.24) is 19.9 Å². The summed E-state index contributed by atoms with van der Waals surface area (Å²) < 4.78 is 2.23. The van der Waals surface area contributed by atoms with Gasteiger partial charge in [0.25, 0.3) is 0 Å². The number of aryl methyl sites for hydroxylation is 2. The quantitative estimate of drug-likeness (QED) is 0.561. The summed E-state index contributed by atoms with van der Waals surface area (Å²) in [6, 6.07) is 10.7. The first-order chi connectivity index (χ1) is 15.2. The zero-order chi connectivity index (χ0) is 21.2. The van der Waals surface area contributed by atoms with Gasteiger partial charge in [-0.05, 0) is 92.1 Å². The molecule has 3 heterocycles. The minimum absolute atomic E-state index is 0.315. The number of benzene rings is 1. The van der Waals surface area contributed by atoms with E-state index in [4.69, 9.17) is 16.6 Å². The Morgan fingerprint density at radius 1 is 1.13 bits per heavy atom. The van der Waals surface area contributed by atoms with Crippen LogP contribution in [0.15, 0.2) is 48.9 Å². The number of hydrogen-bond acceptors (Lipinski definition) is 3. The van der Waals surface area contributed by atoms with Gasteiger partial charge < -0.3 is 9.88 Å². The van der Waals surface area contributed by atoms with Crippen LogP contribution in [0, 0.1) is 12.8 Å². The molecule has 1 fully saturated rings. The van der Waals surface area contributed by atoms with Gasteiger partial charge in [0, 0.05) is 36.1 Å². The van der Waals surface area contributed by atoms with E-state index in [9.17, 15) is 0 Å². The molecule has 5 heteroatoms. The number of allylic oxidation sites excluding steroid dienone is 1. The Hall–Kier alpha value is -2.43. The molecule has 3 aromatic rings. The molecule has 1 unspecified atom stereocenters. The van der Waals surface area contributed by atoms with E-state index >= 15 is 0 Å². The molecule has 4 nitrogen and oxygen atoms in total. The minimum Gasteiger partial charge on any atom is -0.335 e. The van der Waals surface area contributed by atoms with Gasteiger partial charge in [-0.15, -0.1) is 0 Å². The highest BCUT2D eigenvalue weighted by Crippen LogP contribution is 2.44. The smallest absolute Gasteiger partial charge is 0.105 e. The number of nitrogens with one attached hydrogen (secondary N) is 1. The number of hydrogen-bond donors (Lipinski definition) is 1. The van der Waals surface area contributed by atoms with Crippen molar-refractivity contribution in [3.8, 4) is 0 Å². The van der Waals surface area contributed by atoms with Crippen molar-refractivity contribution in [3.05, 3.63) is 82.2 Å². The van der Waals surface area contributed by atoms with E-state index in [1.165, 1.54) is 40.8 Å². The van der Waals surface area contributed by atoms with Crippen LogP contribution in [0.4, 0.5) is 0 Å². The van der Waals surface area contributed by atoms with Crippen molar-refractivity contribution in [1.29, 1.82) is 0 Å². The third kappa shape index (κ3) is 4.19. The normalized spacial score (nSPS) is 18.8. The van der Waals surface area contributed by atoms with Crippen LogP contribution in [0.5, 0.6) is 0 Å². The number of piperidine rings is 1. The molecule has 1 aliphatic heterocycles. The molecule has 0 radical (unpaired) electrons. The van der Waals surface area contributed by atoms with Crippen molar-refractivity contribution in [2.75, 3.05) is 13.1 Å². The lowest BCUT2D eigenvalue weighted by molar-refractivity contribution is 0.339. The summed E-state index contributed by atoms with van der Waals surface area (Å²) >= 11 is 6.45. The Labute approximate surface area is 189 Å². The van der Waals surface area contributed by atoms with E-state index in [0.29, 0.717) is 11.8 Å². The van der Waals surface area contributed by atoms with Crippen LogP contribution >= 0.6 is 11.6 Å². The second-order valence-corrected chi connectivity index (χ2v) is 9.15. The first kappa shape index (κ1) is 20.5. The Bertz CT molecular complexity index is 1090. The molecule has 0 saturated carbocycles. The monoisotopic (exact) mass is 432 g/mol. The van der Waals surface area contributed by atoms with Gasteiger partial charge in [-0.1, -0.05) is 29.8 Å². The lowest BCUT2D eigenvalue weighted by Gasteiger charge is -2.32. The van der Waals surface area contributed by atoms with Crippen LogP contribution < -0.4 is 5.32 Å². The van der Waals surface area contributed by atoms with Crippen LogP contribution in [0.2, 0.25) is 5.02 Å². The summed E-state index contributed by atoms with van der Waals surface area (Å²) in [5.74, 6) is 1.98. The highest BCUT2D eigenvalue weighted by atomic mass is 35.5. The summed E-state index contributed by atoms with van der Waals surface area (Å²) in [4.78, 5) is 9.32. The van der Waals surface area contributed by atoms with E-state index in [1.54, 1.807) is 0 Å². The summed E-state index contributed by atoms with van der Waals surface area (Å²) in [6.45, 7) is 5.19. The molecular formula is C26H29ClN4. The number of rotatable bonds is 5. The molecule has 0 spiro atoms. The first-order valence-corrected chi connectivity index (χ1v) is 11.7. The maximum absolute atomic E-state index is 6.45. The zero-order valence-electron chi connectivity index (χ0n) is 18.0. The molecule has 1 N–H and O–H groups in total. The molecule has 0 bridgehead atoms. The number of nitrogens with zero attached hydrogens (tertiary/aromatic N) is 3. The van der Waals surface area contributed by atoms with Gasteiger partial charge in [-0.2, -0.15) is 0 Å². The van der Waals surface area contributed by atoms with Crippen molar-refractivity contribution < 1.29 is 0 Å². The molecular weight excluding hydrogens is 404 g/mol. The average molecular weight is 433 g/mol. The molecule has 1 saturated heterocycles. The lowest BCUT2D eigenvalue weighted by Crippen LogP contribution is -2.32. The minimum atomic E-state index is 0.315. The number of fused-ring (bicyclic) bond motifs is 2. The summed E-state index contributed by atoms with van der Waals surface area (Å²) in [6.07, 6.45) is 12.7. The fourth-order valence-electron chi connectivity index (χ4n) is 5.24. The third-order valence-electron chi connectivity index (χ3n) is 6.82. The molecule has 1 aromatic carbocycles. The number of aromatic nitrogens is 3. The Balaban J connectivity index is 1.53. The van der Waals surface area contributed by atoms with Crippen LogP contribution in [0.1, 0.15) is 59.8 Å². The van der Waals surface area contributed by atoms with E-state index in [2.05, 4.69) is 58.3 Å². The fourth-order valence-corrected chi connectivity index (χ4v) is 5.43. The third-order valence-corrected chi connectivity index (χ3v) is 7.05. The van der Waals surface area contributed by atoms with Gasteiger partial charge in [0.15, 0.2) is 0 Å². The molecule has 5 rings (SSSR count). The van der Waals surface area contributed by atoms with Crippen molar-refractivity contribution in [2.45, 2.75) is 45.1 Å². The predicted molar refractivity (Wildman–Crippen MR) is 127 cm³/mol. The SMILES string of the molecule is Cc1nccn1CCCC1=Cc2cc(Cl)ccc2C(C2CCNCC2)c2ncccc21. The zero-order valence-corrected chi connectivity index (χ0v) is 18.8. The standard InChI is InChI=1S/C26H29ClN4/c1-18-29-13-15-31(18)14-3-4-20-16-21-17-22(27)6-7-23(21)25(19-8-11-28-12-9-19)26-24(20)5-2-10-30-26/h2,5-7,10,13,15-17,19,25,28H,3-4,8-9,11-12,14H2,1H3. The van der Waals surface area contributed by atoms with Crippen LogP contribution in [0.3, 0.4) is 0 Å². The maximum atomic E-state index is 6.45. The fraction of sp³-hybridized carbons (Fsp3) is 0.385. The van der Waals surface area contributed by atoms with E-state index in [-0.39, 0.29) is 0 Å². The first-order valence-electron chi connectivity index (χ1n) is 11.3. The topological polar surface area (TPSA) is 42.7 Å². The predicted octanol–water partition coefficient (Wildman–Crippen LogP) is 5.71. The van der Waals surface area contributed by atoms with Crippen molar-refractivity contribution in [2.24, 2.45) is 5.92 Å². The van der Waals surface area contributed by atoms with Gasteiger partial charge in [0.2, 0.25) is 0 Å².